The van der Waals surface area contributed by atoms with Crippen LogP contribution in [0.15, 0.2) is 71.5 Å². The van der Waals surface area contributed by atoms with Gasteiger partial charge in [-0.1, -0.05) is 62.4 Å². The molecule has 0 fully saturated rings. The minimum absolute atomic E-state index is 0.164. The van der Waals surface area contributed by atoms with Gasteiger partial charge in [0.2, 0.25) is 5.75 Å². The Morgan fingerprint density at radius 3 is 2.37 bits per heavy atom. The molecule has 4 aromatic rings. The summed E-state index contributed by atoms with van der Waals surface area (Å²) in [7, 11) is 3.11. The molecule has 0 atom stereocenters. The summed E-state index contributed by atoms with van der Waals surface area (Å²) in [5.74, 6) is 2.33. The van der Waals surface area contributed by atoms with Crippen LogP contribution in [-0.2, 0) is 19.4 Å². The van der Waals surface area contributed by atoms with E-state index >= 15 is 0 Å². The van der Waals surface area contributed by atoms with E-state index in [2.05, 4.69) is 6.07 Å². The molecular formula is C31H31N3O4. The van der Waals surface area contributed by atoms with E-state index in [9.17, 15) is 10.1 Å². The van der Waals surface area contributed by atoms with E-state index in [0.717, 1.165) is 23.1 Å². The summed E-state index contributed by atoms with van der Waals surface area (Å²) in [6.07, 6.45) is 1.97. The highest BCUT2D eigenvalue weighted by Crippen LogP contribution is 2.33. The first-order chi connectivity index (χ1) is 18.5. The summed E-state index contributed by atoms with van der Waals surface area (Å²) in [5.41, 5.74) is 3.36. The molecule has 0 amide bonds. The number of aryl methyl sites for hydroxylation is 2. The molecule has 0 radical (unpaired) electrons. The summed E-state index contributed by atoms with van der Waals surface area (Å²) in [6.45, 7) is 4.20. The number of nitriles is 1. The number of benzene rings is 3. The fourth-order valence-electron chi connectivity index (χ4n) is 4.44. The minimum Gasteiger partial charge on any atom is -0.493 e. The standard InChI is InChI=1S/C31H31N3O4/c1-5-11-29-33-26(6-2)30(38-23-16-17-27(36-3)28(18-23)37-4)31(35)34(29)20-22-14-10-15-24(25(22)19-32)21-12-8-7-9-13-21/h7-10,12-18H,5-6,11,20H2,1-4H3. The average molecular weight is 510 g/mol. The number of methoxy groups -OCH3 is 2. The van der Waals surface area contributed by atoms with Crippen molar-refractivity contribution >= 4 is 0 Å². The van der Waals surface area contributed by atoms with Gasteiger partial charge in [0.25, 0.3) is 5.56 Å². The van der Waals surface area contributed by atoms with Crippen LogP contribution >= 0.6 is 0 Å². The molecule has 0 aliphatic carbocycles. The molecule has 3 aromatic carbocycles. The lowest BCUT2D eigenvalue weighted by molar-refractivity contribution is 0.351. The molecule has 194 valence electrons. The van der Waals surface area contributed by atoms with Crippen LogP contribution in [0, 0.1) is 11.3 Å². The van der Waals surface area contributed by atoms with Crippen molar-refractivity contribution in [3.05, 3.63) is 99.7 Å². The number of hydrogen-bond donors (Lipinski definition) is 0. The second-order valence-electron chi connectivity index (χ2n) is 8.74. The highest BCUT2D eigenvalue weighted by molar-refractivity contribution is 5.72. The Bertz CT molecular complexity index is 1520. The third kappa shape index (κ3) is 5.40. The van der Waals surface area contributed by atoms with Gasteiger partial charge >= 0.3 is 0 Å². The highest BCUT2D eigenvalue weighted by atomic mass is 16.5. The van der Waals surface area contributed by atoms with Crippen molar-refractivity contribution in [1.82, 2.24) is 9.55 Å². The van der Waals surface area contributed by atoms with Crippen molar-refractivity contribution in [2.45, 2.75) is 39.7 Å². The van der Waals surface area contributed by atoms with Gasteiger partial charge in [0.05, 0.1) is 32.0 Å². The normalized spacial score (nSPS) is 10.6. The second kappa shape index (κ2) is 12.1. The van der Waals surface area contributed by atoms with Crippen molar-refractivity contribution in [1.29, 1.82) is 5.26 Å². The SMILES string of the molecule is CCCc1nc(CC)c(Oc2ccc(OC)c(OC)c2)c(=O)n1Cc1cccc(-c2ccccc2)c1C#N. The Hall–Kier alpha value is -4.57. The molecule has 1 aromatic heterocycles. The van der Waals surface area contributed by atoms with Crippen molar-refractivity contribution < 1.29 is 14.2 Å². The van der Waals surface area contributed by atoms with Gasteiger partial charge in [0.15, 0.2) is 11.5 Å². The number of rotatable bonds is 10. The Labute approximate surface area is 222 Å². The van der Waals surface area contributed by atoms with Gasteiger partial charge in [0.1, 0.15) is 17.6 Å². The molecule has 4 rings (SSSR count). The van der Waals surface area contributed by atoms with E-state index < -0.39 is 0 Å². The zero-order valence-electron chi connectivity index (χ0n) is 22.2. The maximum Gasteiger partial charge on any atom is 0.297 e. The van der Waals surface area contributed by atoms with Gasteiger partial charge in [-0.05, 0) is 41.7 Å². The lowest BCUT2D eigenvalue weighted by Gasteiger charge is -2.18. The van der Waals surface area contributed by atoms with E-state index in [-0.39, 0.29) is 17.9 Å². The summed E-state index contributed by atoms with van der Waals surface area (Å²) in [5, 5.41) is 10.1. The second-order valence-corrected chi connectivity index (χ2v) is 8.74. The molecule has 7 nitrogen and oxygen atoms in total. The van der Waals surface area contributed by atoms with Crippen molar-refractivity contribution in [3.63, 3.8) is 0 Å². The maximum atomic E-state index is 13.9. The van der Waals surface area contributed by atoms with Crippen molar-refractivity contribution in [3.8, 4) is 40.2 Å². The van der Waals surface area contributed by atoms with Crippen LogP contribution in [0.5, 0.6) is 23.0 Å². The molecule has 0 unspecified atom stereocenters. The molecule has 0 spiro atoms. The molecule has 1 heterocycles. The Balaban J connectivity index is 1.82. The Morgan fingerprint density at radius 1 is 0.947 bits per heavy atom. The zero-order valence-corrected chi connectivity index (χ0v) is 22.2. The Kier molecular flexibility index (Phi) is 8.44. The van der Waals surface area contributed by atoms with Gasteiger partial charge in [-0.15, -0.1) is 0 Å². The first kappa shape index (κ1) is 26.5. The summed E-state index contributed by atoms with van der Waals surface area (Å²) in [4.78, 5) is 18.8. The molecular weight excluding hydrogens is 478 g/mol. The molecule has 7 heteroatoms. The highest BCUT2D eigenvalue weighted by Gasteiger charge is 2.20. The summed E-state index contributed by atoms with van der Waals surface area (Å²) >= 11 is 0. The predicted molar refractivity (Wildman–Crippen MR) is 147 cm³/mol. The summed E-state index contributed by atoms with van der Waals surface area (Å²) in [6, 6.07) is 23.0. The van der Waals surface area contributed by atoms with Crippen LogP contribution in [0.25, 0.3) is 11.1 Å². The Morgan fingerprint density at radius 2 is 1.71 bits per heavy atom. The number of hydrogen-bond acceptors (Lipinski definition) is 6. The van der Waals surface area contributed by atoms with Crippen LogP contribution in [-0.4, -0.2) is 23.8 Å². The van der Waals surface area contributed by atoms with Gasteiger partial charge in [-0.2, -0.15) is 5.26 Å². The molecule has 0 N–H and O–H groups in total. The third-order valence-corrected chi connectivity index (χ3v) is 6.34. The fourth-order valence-corrected chi connectivity index (χ4v) is 4.44. The van der Waals surface area contributed by atoms with E-state index in [1.54, 1.807) is 37.0 Å². The fraction of sp³-hybridized carbons (Fsp3) is 0.258. The molecule has 0 aliphatic rings. The minimum atomic E-state index is -0.288. The van der Waals surface area contributed by atoms with Crippen LogP contribution in [0.1, 0.15) is 42.9 Å². The van der Waals surface area contributed by atoms with E-state index in [4.69, 9.17) is 19.2 Å². The van der Waals surface area contributed by atoms with Crippen LogP contribution in [0.4, 0.5) is 0 Å². The number of nitrogens with zero attached hydrogens (tertiary/aromatic N) is 3. The lowest BCUT2D eigenvalue weighted by Crippen LogP contribution is -2.28. The van der Waals surface area contributed by atoms with Gasteiger partial charge in [-0.25, -0.2) is 4.98 Å². The molecule has 38 heavy (non-hydrogen) atoms. The average Bonchev–Trinajstić information content (AvgIpc) is 2.96. The monoisotopic (exact) mass is 509 g/mol. The van der Waals surface area contributed by atoms with Gasteiger partial charge in [0, 0.05) is 12.5 Å². The molecule has 0 saturated heterocycles. The van der Waals surface area contributed by atoms with E-state index in [0.29, 0.717) is 47.2 Å². The molecule has 0 saturated carbocycles. The van der Waals surface area contributed by atoms with E-state index in [1.807, 2.05) is 62.4 Å². The predicted octanol–water partition coefficient (Wildman–Crippen LogP) is 6.15. The first-order valence-corrected chi connectivity index (χ1v) is 12.6. The largest absolute Gasteiger partial charge is 0.493 e. The summed E-state index contributed by atoms with van der Waals surface area (Å²) < 4.78 is 18.5. The van der Waals surface area contributed by atoms with Crippen molar-refractivity contribution in [2.75, 3.05) is 14.2 Å². The lowest BCUT2D eigenvalue weighted by atomic mass is 9.96. The quantitative estimate of drug-likeness (QED) is 0.255. The van der Waals surface area contributed by atoms with E-state index in [1.165, 1.54) is 0 Å². The maximum absolute atomic E-state index is 13.9. The molecule has 0 aliphatic heterocycles. The third-order valence-electron chi connectivity index (χ3n) is 6.34. The first-order valence-electron chi connectivity index (χ1n) is 12.6. The topological polar surface area (TPSA) is 86.4 Å². The van der Waals surface area contributed by atoms with Gasteiger partial charge in [-0.3, -0.25) is 9.36 Å². The zero-order chi connectivity index (χ0) is 27.1. The smallest absolute Gasteiger partial charge is 0.297 e. The van der Waals surface area contributed by atoms with Crippen LogP contribution in [0.3, 0.4) is 0 Å². The van der Waals surface area contributed by atoms with Crippen LogP contribution < -0.4 is 19.8 Å². The number of aromatic nitrogens is 2. The van der Waals surface area contributed by atoms with Crippen LogP contribution in [0.2, 0.25) is 0 Å². The number of ether oxygens (including phenoxy) is 3. The van der Waals surface area contributed by atoms with Gasteiger partial charge < -0.3 is 14.2 Å². The molecule has 0 bridgehead atoms. The van der Waals surface area contributed by atoms with Crippen molar-refractivity contribution in [2.24, 2.45) is 0 Å².